The molecule has 2 aromatic heterocycles. The van der Waals surface area contributed by atoms with Crippen LogP contribution in [0.4, 0.5) is 0 Å². The summed E-state index contributed by atoms with van der Waals surface area (Å²) in [7, 11) is 0. The third-order valence-electron chi connectivity index (χ3n) is 8.03. The van der Waals surface area contributed by atoms with Crippen LogP contribution in [0.3, 0.4) is 0 Å². The lowest BCUT2D eigenvalue weighted by molar-refractivity contribution is -0.144. The Morgan fingerprint density at radius 3 is 1.62 bits per heavy atom. The largest absolute Gasteiger partial charge is 0.470 e. The highest BCUT2D eigenvalue weighted by atomic mass is 32.2. The summed E-state index contributed by atoms with van der Waals surface area (Å²) in [5.41, 5.74) is -0.264. The smallest absolute Gasteiger partial charge is 0.238 e. The molecule has 4 atom stereocenters. The van der Waals surface area contributed by atoms with E-state index >= 15 is 0 Å². The van der Waals surface area contributed by atoms with Gasteiger partial charge in [0.2, 0.25) is 11.8 Å². The van der Waals surface area contributed by atoms with Crippen LogP contribution in [0, 0.1) is 13.8 Å². The van der Waals surface area contributed by atoms with Crippen LogP contribution < -0.4 is 0 Å². The molecular weight excluding hydrogens is 677 g/mol. The molecule has 0 radical (unpaired) electrons. The van der Waals surface area contributed by atoms with E-state index in [1.807, 2.05) is 98.8 Å². The maximum absolute atomic E-state index is 12.3. The lowest BCUT2D eigenvalue weighted by atomic mass is 10.1. The zero-order valence-electron chi connectivity index (χ0n) is 29.2. The Labute approximate surface area is 303 Å². The topological polar surface area (TPSA) is 148 Å². The Hall–Kier alpha value is -3.52. The number of rotatable bonds is 10. The van der Waals surface area contributed by atoms with Crippen LogP contribution in [0.5, 0.6) is 0 Å². The summed E-state index contributed by atoms with van der Waals surface area (Å²) in [6, 6.07) is 26.9. The Balaban J connectivity index is 0.000000203. The number of aryl methyl sites for hydroxylation is 2. The fourth-order valence-corrected chi connectivity index (χ4v) is 7.52. The second-order valence-electron chi connectivity index (χ2n) is 12.2. The van der Waals surface area contributed by atoms with E-state index in [0.29, 0.717) is 37.4 Å². The molecule has 0 bridgehead atoms. The minimum atomic E-state index is -1.16. The summed E-state index contributed by atoms with van der Waals surface area (Å²) < 4.78 is 9.67. The number of carbonyl (C=O) groups excluding carboxylic acids is 2. The molecular formula is C38H50N2O8S2. The van der Waals surface area contributed by atoms with Crippen molar-refractivity contribution in [2.45, 2.75) is 75.6 Å². The molecule has 50 heavy (non-hydrogen) atoms. The van der Waals surface area contributed by atoms with Crippen LogP contribution in [0.2, 0.25) is 0 Å². The van der Waals surface area contributed by atoms with Crippen molar-refractivity contribution in [3.63, 3.8) is 0 Å². The summed E-state index contributed by atoms with van der Waals surface area (Å²) in [4.78, 5) is 27.4. The van der Waals surface area contributed by atoms with E-state index in [4.69, 9.17) is 19.0 Å². The molecule has 12 heteroatoms. The van der Waals surface area contributed by atoms with Gasteiger partial charge in [0.25, 0.3) is 0 Å². The van der Waals surface area contributed by atoms with Gasteiger partial charge in [-0.1, -0.05) is 60.7 Å². The number of hydrogen-bond donors (Lipinski definition) is 4. The van der Waals surface area contributed by atoms with Crippen molar-refractivity contribution in [3.05, 3.63) is 120 Å². The van der Waals surface area contributed by atoms with E-state index in [1.54, 1.807) is 26.4 Å². The van der Waals surface area contributed by atoms with Crippen molar-refractivity contribution in [1.29, 1.82) is 0 Å². The van der Waals surface area contributed by atoms with E-state index in [1.165, 1.54) is 33.3 Å². The van der Waals surface area contributed by atoms with Crippen LogP contribution in [-0.4, -0.2) is 88.7 Å². The monoisotopic (exact) mass is 726 g/mol. The van der Waals surface area contributed by atoms with E-state index < -0.39 is 11.4 Å². The number of amides is 2. The Bertz CT molecular complexity index is 1450. The lowest BCUT2D eigenvalue weighted by Gasteiger charge is -2.34. The van der Waals surface area contributed by atoms with Gasteiger partial charge in [-0.3, -0.25) is 9.59 Å². The van der Waals surface area contributed by atoms with Crippen LogP contribution >= 0.6 is 23.5 Å². The molecule has 10 nitrogen and oxygen atoms in total. The van der Waals surface area contributed by atoms with Gasteiger partial charge in [-0.2, -0.15) is 11.8 Å². The van der Waals surface area contributed by atoms with Gasteiger partial charge in [-0.25, -0.2) is 0 Å². The predicted molar refractivity (Wildman–Crippen MR) is 198 cm³/mol. The van der Waals surface area contributed by atoms with Crippen LogP contribution in [0.15, 0.2) is 106 Å². The first kappa shape index (κ1) is 40.9. The molecule has 0 aliphatic carbocycles. The average Bonchev–Trinajstić information content (AvgIpc) is 3.87. The number of carbonyl (C=O) groups is 2. The van der Waals surface area contributed by atoms with Gasteiger partial charge in [0.15, 0.2) is 0 Å². The number of aliphatic hydroxyl groups is 4. The summed E-state index contributed by atoms with van der Waals surface area (Å²) in [5.74, 6) is 2.90. The molecule has 4 heterocycles. The second-order valence-corrected chi connectivity index (χ2v) is 14.8. The number of nitrogens with zero attached hydrogens (tertiary/aromatic N) is 2. The maximum Gasteiger partial charge on any atom is 0.238 e. The first-order chi connectivity index (χ1) is 23.9. The van der Waals surface area contributed by atoms with Crippen LogP contribution in [0.1, 0.15) is 49.3 Å². The summed E-state index contributed by atoms with van der Waals surface area (Å²) in [6.07, 6.45) is 4.05. The molecule has 2 aliphatic rings. The fourth-order valence-electron chi connectivity index (χ4n) is 5.34. The molecule has 2 aromatic carbocycles. The summed E-state index contributed by atoms with van der Waals surface area (Å²) in [5, 5.41) is 38.2. The standard InChI is InChI=1S/2C14H19NO3S.2C5H6O/c1-14(18)9-12(19-8-7-16)13(17)15(14)10-11-5-3-2-4-6-11;1-14(18)12(19-8-7-16)9-13(17)15(14)10-11-5-3-2-4-6-11;2*1-5-3-2-4-6-5/h2*2-6,12,16,18H,7-10H2,1H3;2*2-4H,1H3. The zero-order valence-corrected chi connectivity index (χ0v) is 30.8. The van der Waals surface area contributed by atoms with E-state index in [9.17, 15) is 19.8 Å². The Kier molecular flexibility index (Phi) is 16.7. The minimum Gasteiger partial charge on any atom is -0.470 e. The highest BCUT2D eigenvalue weighted by Crippen LogP contribution is 2.38. The van der Waals surface area contributed by atoms with Gasteiger partial charge in [0.05, 0.1) is 36.2 Å². The third kappa shape index (κ3) is 12.7. The van der Waals surface area contributed by atoms with Crippen molar-refractivity contribution in [3.8, 4) is 0 Å². The third-order valence-corrected chi connectivity index (χ3v) is 10.6. The van der Waals surface area contributed by atoms with Crippen LogP contribution in [-0.2, 0) is 22.7 Å². The molecule has 4 aromatic rings. The molecule has 0 saturated carbocycles. The predicted octanol–water partition coefficient (Wildman–Crippen LogP) is 5.62. The van der Waals surface area contributed by atoms with E-state index in [-0.39, 0.29) is 35.5 Å². The number of furan rings is 2. The molecule has 2 aliphatic heterocycles. The second kappa shape index (κ2) is 20.4. The van der Waals surface area contributed by atoms with Crippen LogP contribution in [0.25, 0.3) is 0 Å². The maximum atomic E-state index is 12.3. The van der Waals surface area contributed by atoms with Crippen molar-refractivity contribution >= 4 is 35.3 Å². The van der Waals surface area contributed by atoms with Gasteiger partial charge in [0.1, 0.15) is 23.0 Å². The van der Waals surface area contributed by atoms with Crippen molar-refractivity contribution < 1.29 is 38.8 Å². The zero-order chi connectivity index (χ0) is 36.6. The molecule has 272 valence electrons. The first-order valence-electron chi connectivity index (χ1n) is 16.5. The number of likely N-dealkylation sites (tertiary alicyclic amines) is 2. The van der Waals surface area contributed by atoms with Gasteiger partial charge in [-0.15, -0.1) is 11.8 Å². The normalized spacial score (nSPS) is 22.6. The number of aliphatic hydroxyl groups excluding tert-OH is 2. The fraction of sp³-hybridized carbons (Fsp3) is 0.421. The molecule has 4 unspecified atom stereocenters. The first-order valence-corrected chi connectivity index (χ1v) is 18.6. The quantitative estimate of drug-likeness (QED) is 0.162. The Morgan fingerprint density at radius 2 is 1.20 bits per heavy atom. The number of thioether (sulfide) groups is 2. The van der Waals surface area contributed by atoms with Crippen molar-refractivity contribution in [2.24, 2.45) is 0 Å². The molecule has 2 fully saturated rings. The molecule has 2 amide bonds. The molecule has 6 rings (SSSR count). The summed E-state index contributed by atoms with van der Waals surface area (Å²) in [6.45, 7) is 8.13. The SMILES string of the molecule is CC1(O)C(SCCO)CC(=O)N1Cc1ccccc1.CC1(O)CC(SCCO)C(=O)N1Cc1ccccc1.Cc1ccco1.Cc1ccco1. The van der Waals surface area contributed by atoms with Gasteiger partial charge < -0.3 is 39.1 Å². The molecule has 4 N–H and O–H groups in total. The summed E-state index contributed by atoms with van der Waals surface area (Å²) >= 11 is 2.85. The number of benzene rings is 2. The van der Waals surface area contributed by atoms with E-state index in [0.717, 1.165) is 22.6 Å². The highest BCUT2D eigenvalue weighted by Gasteiger charge is 2.48. The molecule has 2 saturated heterocycles. The highest BCUT2D eigenvalue weighted by molar-refractivity contribution is 8.00. The average molecular weight is 727 g/mol. The minimum absolute atomic E-state index is 0.0377. The van der Waals surface area contributed by atoms with Gasteiger partial charge in [-0.05, 0) is 63.1 Å². The van der Waals surface area contributed by atoms with E-state index in [2.05, 4.69) is 0 Å². The van der Waals surface area contributed by atoms with Crippen molar-refractivity contribution in [1.82, 2.24) is 9.80 Å². The number of hydrogen-bond acceptors (Lipinski definition) is 10. The van der Waals surface area contributed by atoms with Gasteiger partial charge in [0, 0.05) is 37.4 Å². The lowest BCUT2D eigenvalue weighted by Crippen LogP contribution is -2.47. The van der Waals surface area contributed by atoms with Crippen molar-refractivity contribution in [2.75, 3.05) is 24.7 Å². The Morgan fingerprint density at radius 1 is 0.720 bits per heavy atom. The van der Waals surface area contributed by atoms with Gasteiger partial charge >= 0.3 is 0 Å². The molecule has 0 spiro atoms.